The Morgan fingerprint density at radius 3 is 2.10 bits per heavy atom. The van der Waals surface area contributed by atoms with Gasteiger partial charge in [-0.15, -0.1) is 0 Å². The van der Waals surface area contributed by atoms with E-state index in [0.717, 1.165) is 30.5 Å². The Kier molecular flexibility index (Phi) is 9.61. The van der Waals surface area contributed by atoms with E-state index in [2.05, 4.69) is 5.32 Å². The SMILES string of the molecule is C1CCC(NC2CCCCC2)CC1.O=C(O)C1CCCN1Sc1ccccc1[N+](=O)[O-]. The number of carboxylic acids is 1. The van der Waals surface area contributed by atoms with Gasteiger partial charge in [-0.05, 0) is 56.5 Å². The molecule has 2 N–H and O–H groups in total. The van der Waals surface area contributed by atoms with Crippen LogP contribution in [0.4, 0.5) is 5.69 Å². The Bertz CT molecular complexity index is 705. The molecule has 0 bridgehead atoms. The maximum atomic E-state index is 11.0. The van der Waals surface area contributed by atoms with Gasteiger partial charge in [0.1, 0.15) is 10.9 Å². The van der Waals surface area contributed by atoms with Crippen LogP contribution < -0.4 is 5.32 Å². The Labute approximate surface area is 189 Å². The van der Waals surface area contributed by atoms with Gasteiger partial charge in [0.2, 0.25) is 0 Å². The Balaban J connectivity index is 0.000000185. The van der Waals surface area contributed by atoms with Crippen LogP contribution in [0.15, 0.2) is 29.2 Å². The summed E-state index contributed by atoms with van der Waals surface area (Å²) in [6.45, 7) is 0.633. The highest BCUT2D eigenvalue weighted by Gasteiger charge is 2.32. The monoisotopic (exact) mass is 449 g/mol. The fourth-order valence-corrected chi connectivity index (χ4v) is 5.95. The molecule has 0 radical (unpaired) electrons. The average Bonchev–Trinajstić information content (AvgIpc) is 3.24. The smallest absolute Gasteiger partial charge is 0.321 e. The number of nitro groups is 1. The molecule has 1 heterocycles. The second-order valence-electron chi connectivity index (χ2n) is 8.79. The van der Waals surface area contributed by atoms with Gasteiger partial charge in [0.05, 0.1) is 4.92 Å². The first-order chi connectivity index (χ1) is 15.0. The lowest BCUT2D eigenvalue weighted by Gasteiger charge is -2.30. The Morgan fingerprint density at radius 1 is 0.968 bits per heavy atom. The van der Waals surface area contributed by atoms with E-state index in [1.807, 2.05) is 0 Å². The highest BCUT2D eigenvalue weighted by Crippen LogP contribution is 2.36. The molecule has 1 aliphatic heterocycles. The van der Waals surface area contributed by atoms with E-state index in [4.69, 9.17) is 5.11 Å². The molecule has 172 valence electrons. The average molecular weight is 450 g/mol. The fourth-order valence-electron chi connectivity index (χ4n) is 4.78. The molecule has 0 spiro atoms. The zero-order valence-electron chi connectivity index (χ0n) is 18.2. The molecular weight excluding hydrogens is 414 g/mol. The lowest BCUT2D eigenvalue weighted by Crippen LogP contribution is -2.40. The molecule has 7 nitrogen and oxygen atoms in total. The van der Waals surface area contributed by atoms with Crippen LogP contribution in [0.3, 0.4) is 0 Å². The minimum absolute atomic E-state index is 0.0125. The maximum absolute atomic E-state index is 11.0. The molecule has 3 aliphatic rings. The molecule has 1 atom stereocenters. The van der Waals surface area contributed by atoms with Crippen molar-refractivity contribution in [3.8, 4) is 0 Å². The quantitative estimate of drug-likeness (QED) is 0.341. The second kappa shape index (κ2) is 12.4. The lowest BCUT2D eigenvalue weighted by atomic mass is 9.91. The third-order valence-electron chi connectivity index (χ3n) is 6.45. The Hall–Kier alpha value is -1.64. The van der Waals surface area contributed by atoms with Crippen LogP contribution in [0.5, 0.6) is 0 Å². The van der Waals surface area contributed by atoms with E-state index < -0.39 is 16.9 Å². The highest BCUT2D eigenvalue weighted by molar-refractivity contribution is 7.97. The molecule has 1 saturated heterocycles. The van der Waals surface area contributed by atoms with Crippen LogP contribution in [0.25, 0.3) is 0 Å². The summed E-state index contributed by atoms with van der Waals surface area (Å²) in [6, 6.07) is 7.56. The van der Waals surface area contributed by atoms with E-state index >= 15 is 0 Å². The van der Waals surface area contributed by atoms with Crippen LogP contribution in [0, 0.1) is 10.1 Å². The minimum Gasteiger partial charge on any atom is -0.480 e. The van der Waals surface area contributed by atoms with Gasteiger partial charge in [-0.1, -0.05) is 50.7 Å². The molecule has 0 amide bonds. The van der Waals surface area contributed by atoms with Crippen LogP contribution in [0.2, 0.25) is 0 Å². The maximum Gasteiger partial charge on any atom is 0.321 e. The van der Waals surface area contributed by atoms with Crippen molar-refractivity contribution in [2.45, 2.75) is 100 Å². The number of nitrogens with one attached hydrogen (secondary N) is 1. The number of para-hydroxylation sites is 1. The molecule has 1 aromatic rings. The van der Waals surface area contributed by atoms with Crippen LogP contribution in [-0.4, -0.2) is 45.0 Å². The normalized spacial score (nSPS) is 23.2. The van der Waals surface area contributed by atoms with E-state index in [1.165, 1.54) is 70.3 Å². The molecule has 31 heavy (non-hydrogen) atoms. The van der Waals surface area contributed by atoms with E-state index in [-0.39, 0.29) is 5.69 Å². The molecule has 2 saturated carbocycles. The molecule has 1 unspecified atom stereocenters. The van der Waals surface area contributed by atoms with Crippen molar-refractivity contribution >= 4 is 23.6 Å². The zero-order valence-corrected chi connectivity index (χ0v) is 19.0. The van der Waals surface area contributed by atoms with Crippen molar-refractivity contribution in [3.63, 3.8) is 0 Å². The first-order valence-corrected chi connectivity index (χ1v) is 12.5. The van der Waals surface area contributed by atoms with E-state index in [0.29, 0.717) is 17.9 Å². The molecule has 1 aromatic carbocycles. The fraction of sp³-hybridized carbons (Fsp3) is 0.696. The minimum atomic E-state index is -0.876. The van der Waals surface area contributed by atoms with Crippen molar-refractivity contribution in [2.75, 3.05) is 6.54 Å². The number of benzene rings is 1. The third-order valence-corrected chi connectivity index (χ3v) is 7.66. The second-order valence-corrected chi connectivity index (χ2v) is 9.88. The van der Waals surface area contributed by atoms with Gasteiger partial charge in [0.15, 0.2) is 0 Å². The Morgan fingerprint density at radius 2 is 1.55 bits per heavy atom. The van der Waals surface area contributed by atoms with Crippen LogP contribution in [0.1, 0.15) is 77.0 Å². The molecule has 0 aromatic heterocycles. The van der Waals surface area contributed by atoms with Gasteiger partial charge >= 0.3 is 5.97 Å². The summed E-state index contributed by atoms with van der Waals surface area (Å²) in [5.74, 6) is -0.876. The molecule has 2 aliphatic carbocycles. The van der Waals surface area contributed by atoms with E-state index in [9.17, 15) is 14.9 Å². The van der Waals surface area contributed by atoms with Gasteiger partial charge in [-0.2, -0.15) is 0 Å². The predicted octanol–water partition coefficient (Wildman–Crippen LogP) is 5.39. The van der Waals surface area contributed by atoms with Gasteiger partial charge < -0.3 is 10.4 Å². The molecular formula is C23H35N3O4S. The number of rotatable bonds is 6. The van der Waals surface area contributed by atoms with Crippen molar-refractivity contribution in [3.05, 3.63) is 34.4 Å². The standard InChI is InChI=1S/C12H23N.C11H12N2O4S/c1-3-7-11(8-4-1)13-12-9-5-2-6-10-12;14-11(15)9-5-3-7-12(9)18-10-6-2-1-4-8(10)13(16)17/h11-13H,1-10H2;1-2,4,6,9H,3,5,7H2,(H,14,15). The zero-order chi connectivity index (χ0) is 22.1. The number of carbonyl (C=O) groups is 1. The third kappa shape index (κ3) is 7.47. The van der Waals surface area contributed by atoms with Crippen molar-refractivity contribution in [1.82, 2.24) is 9.62 Å². The number of hydrogen-bond donors (Lipinski definition) is 2. The van der Waals surface area contributed by atoms with Gasteiger partial charge in [0.25, 0.3) is 5.69 Å². The van der Waals surface area contributed by atoms with Crippen molar-refractivity contribution in [1.29, 1.82) is 0 Å². The summed E-state index contributed by atoms with van der Waals surface area (Å²) in [7, 11) is 0. The van der Waals surface area contributed by atoms with Crippen LogP contribution >= 0.6 is 11.9 Å². The molecule has 4 rings (SSSR count). The first kappa shape index (κ1) is 24.0. The topological polar surface area (TPSA) is 95.7 Å². The molecule has 8 heteroatoms. The summed E-state index contributed by atoms with van der Waals surface area (Å²) in [5, 5.41) is 23.8. The van der Waals surface area contributed by atoms with Crippen molar-refractivity contribution in [2.24, 2.45) is 0 Å². The number of nitro benzene ring substituents is 1. The highest BCUT2D eigenvalue weighted by atomic mass is 32.2. The summed E-state index contributed by atoms with van der Waals surface area (Å²) in [6.07, 6.45) is 15.9. The number of hydrogen-bond acceptors (Lipinski definition) is 6. The van der Waals surface area contributed by atoms with Gasteiger partial charge in [-0.3, -0.25) is 14.9 Å². The number of aliphatic carboxylic acids is 1. The lowest BCUT2D eigenvalue weighted by molar-refractivity contribution is -0.387. The number of nitrogens with zero attached hydrogens (tertiary/aromatic N) is 2. The van der Waals surface area contributed by atoms with Gasteiger partial charge in [-0.25, -0.2) is 4.31 Å². The van der Waals surface area contributed by atoms with Crippen LogP contribution in [-0.2, 0) is 4.79 Å². The summed E-state index contributed by atoms with van der Waals surface area (Å²) >= 11 is 1.15. The van der Waals surface area contributed by atoms with Crippen molar-refractivity contribution < 1.29 is 14.8 Å². The molecule has 3 fully saturated rings. The number of carboxylic acid groups (broad SMARTS) is 1. The summed E-state index contributed by atoms with van der Waals surface area (Å²) in [4.78, 5) is 21.9. The van der Waals surface area contributed by atoms with Gasteiger partial charge in [0, 0.05) is 24.7 Å². The first-order valence-electron chi connectivity index (χ1n) is 11.7. The largest absolute Gasteiger partial charge is 0.480 e. The summed E-state index contributed by atoms with van der Waals surface area (Å²) < 4.78 is 1.70. The van der Waals surface area contributed by atoms with E-state index in [1.54, 1.807) is 22.5 Å². The summed E-state index contributed by atoms with van der Waals surface area (Å²) in [5.41, 5.74) is 0.0125. The predicted molar refractivity (Wildman–Crippen MR) is 123 cm³/mol.